The molecule has 1 aromatic carbocycles. The zero-order valence-corrected chi connectivity index (χ0v) is 14.0. The van der Waals surface area contributed by atoms with Gasteiger partial charge in [-0.05, 0) is 43.1 Å². The Labute approximate surface area is 138 Å². The van der Waals surface area contributed by atoms with E-state index in [-0.39, 0.29) is 6.04 Å². The van der Waals surface area contributed by atoms with Gasteiger partial charge in [0.15, 0.2) is 0 Å². The van der Waals surface area contributed by atoms with Crippen LogP contribution in [0.3, 0.4) is 0 Å². The molecular formula is C19H25N3O. The Morgan fingerprint density at radius 2 is 2.00 bits per heavy atom. The average molecular weight is 311 g/mol. The summed E-state index contributed by atoms with van der Waals surface area (Å²) in [6.07, 6.45) is 5.00. The third-order valence-corrected chi connectivity index (χ3v) is 4.53. The standard InChI is InChI=1S/C19H25N3O/c1-15-14-21-10-8-16(15)19(22-12-5-9-20-11-13-22)17-6-3-4-7-18(17)23-2/h3-4,6-8,10,14,19-20H,5,9,11-13H2,1-2H3. The molecule has 3 rings (SSSR count). The minimum Gasteiger partial charge on any atom is -0.496 e. The van der Waals surface area contributed by atoms with Crippen LogP contribution < -0.4 is 10.1 Å². The van der Waals surface area contributed by atoms with Crippen molar-refractivity contribution in [3.63, 3.8) is 0 Å². The van der Waals surface area contributed by atoms with Crippen molar-refractivity contribution in [3.05, 3.63) is 59.4 Å². The van der Waals surface area contributed by atoms with E-state index in [0.717, 1.165) is 38.3 Å². The summed E-state index contributed by atoms with van der Waals surface area (Å²) < 4.78 is 5.65. The molecule has 1 fully saturated rings. The molecule has 122 valence electrons. The molecule has 1 aliphatic heterocycles. The van der Waals surface area contributed by atoms with E-state index in [4.69, 9.17) is 4.74 Å². The highest BCUT2D eigenvalue weighted by Crippen LogP contribution is 2.36. The van der Waals surface area contributed by atoms with Gasteiger partial charge in [0.2, 0.25) is 0 Å². The largest absolute Gasteiger partial charge is 0.496 e. The molecule has 0 saturated carbocycles. The van der Waals surface area contributed by atoms with Crippen LogP contribution >= 0.6 is 0 Å². The Kier molecular flexibility index (Phi) is 5.26. The lowest BCUT2D eigenvalue weighted by molar-refractivity contribution is 0.235. The number of aryl methyl sites for hydroxylation is 1. The summed E-state index contributed by atoms with van der Waals surface area (Å²) in [7, 11) is 1.75. The molecule has 0 spiro atoms. The van der Waals surface area contributed by atoms with Crippen LogP contribution in [0.15, 0.2) is 42.7 Å². The third kappa shape index (κ3) is 3.54. The van der Waals surface area contributed by atoms with E-state index < -0.39 is 0 Å². The first-order chi connectivity index (χ1) is 11.3. The Morgan fingerprint density at radius 3 is 2.83 bits per heavy atom. The molecule has 23 heavy (non-hydrogen) atoms. The Bertz CT molecular complexity index is 636. The fourth-order valence-electron chi connectivity index (χ4n) is 3.37. The summed E-state index contributed by atoms with van der Waals surface area (Å²) in [6, 6.07) is 10.7. The predicted molar refractivity (Wildman–Crippen MR) is 92.9 cm³/mol. The summed E-state index contributed by atoms with van der Waals surface area (Å²) in [5.74, 6) is 0.950. The molecule has 1 aliphatic rings. The van der Waals surface area contributed by atoms with Crippen LogP contribution in [0.2, 0.25) is 0 Å². The van der Waals surface area contributed by atoms with E-state index in [0.29, 0.717) is 0 Å². The van der Waals surface area contributed by atoms with E-state index in [2.05, 4.69) is 46.4 Å². The van der Waals surface area contributed by atoms with Crippen LogP contribution in [-0.4, -0.2) is 43.2 Å². The maximum absolute atomic E-state index is 5.65. The molecule has 1 saturated heterocycles. The van der Waals surface area contributed by atoms with Gasteiger partial charge in [0, 0.05) is 37.6 Å². The van der Waals surface area contributed by atoms with Gasteiger partial charge < -0.3 is 10.1 Å². The highest BCUT2D eigenvalue weighted by molar-refractivity contribution is 5.43. The highest BCUT2D eigenvalue weighted by atomic mass is 16.5. The summed E-state index contributed by atoms with van der Waals surface area (Å²) in [6.45, 7) is 6.36. The van der Waals surface area contributed by atoms with Gasteiger partial charge in [0.05, 0.1) is 13.2 Å². The maximum atomic E-state index is 5.65. The van der Waals surface area contributed by atoms with Gasteiger partial charge >= 0.3 is 0 Å². The zero-order valence-electron chi connectivity index (χ0n) is 14.0. The SMILES string of the molecule is COc1ccccc1C(c1ccncc1C)N1CCCNCC1. The molecule has 4 heteroatoms. The van der Waals surface area contributed by atoms with Gasteiger partial charge in [-0.1, -0.05) is 18.2 Å². The fourth-order valence-corrected chi connectivity index (χ4v) is 3.37. The van der Waals surface area contributed by atoms with Crippen molar-refractivity contribution in [1.82, 2.24) is 15.2 Å². The van der Waals surface area contributed by atoms with E-state index in [1.807, 2.05) is 18.5 Å². The van der Waals surface area contributed by atoms with Crippen LogP contribution in [0.25, 0.3) is 0 Å². The third-order valence-electron chi connectivity index (χ3n) is 4.53. The van der Waals surface area contributed by atoms with Crippen LogP contribution in [0.1, 0.15) is 29.2 Å². The van der Waals surface area contributed by atoms with Gasteiger partial charge in [-0.25, -0.2) is 0 Å². The lowest BCUT2D eigenvalue weighted by Gasteiger charge is -2.33. The van der Waals surface area contributed by atoms with E-state index >= 15 is 0 Å². The first-order valence-corrected chi connectivity index (χ1v) is 8.29. The smallest absolute Gasteiger partial charge is 0.123 e. The normalized spacial score (nSPS) is 17.5. The number of nitrogens with one attached hydrogen (secondary N) is 1. The number of ether oxygens (including phenoxy) is 1. The highest BCUT2D eigenvalue weighted by Gasteiger charge is 2.26. The van der Waals surface area contributed by atoms with Crippen molar-refractivity contribution in [3.8, 4) is 5.75 Å². The number of para-hydroxylation sites is 1. The monoisotopic (exact) mass is 311 g/mol. The first kappa shape index (κ1) is 16.0. The van der Waals surface area contributed by atoms with Crippen molar-refractivity contribution >= 4 is 0 Å². The Morgan fingerprint density at radius 1 is 1.13 bits per heavy atom. The van der Waals surface area contributed by atoms with Crippen LogP contribution in [-0.2, 0) is 0 Å². The zero-order chi connectivity index (χ0) is 16.1. The van der Waals surface area contributed by atoms with E-state index in [9.17, 15) is 0 Å². The number of hydrogen-bond donors (Lipinski definition) is 1. The van der Waals surface area contributed by atoms with E-state index in [1.165, 1.54) is 16.7 Å². The van der Waals surface area contributed by atoms with Crippen molar-refractivity contribution in [1.29, 1.82) is 0 Å². The minimum absolute atomic E-state index is 0.203. The molecule has 1 aromatic heterocycles. The second kappa shape index (κ2) is 7.57. The van der Waals surface area contributed by atoms with Crippen LogP contribution in [0.5, 0.6) is 5.75 Å². The Hall–Kier alpha value is -1.91. The summed E-state index contributed by atoms with van der Waals surface area (Å²) >= 11 is 0. The second-order valence-electron chi connectivity index (χ2n) is 6.02. The number of hydrogen-bond acceptors (Lipinski definition) is 4. The molecule has 1 unspecified atom stereocenters. The molecule has 4 nitrogen and oxygen atoms in total. The number of aromatic nitrogens is 1. The molecule has 2 heterocycles. The van der Waals surface area contributed by atoms with E-state index in [1.54, 1.807) is 7.11 Å². The van der Waals surface area contributed by atoms with Gasteiger partial charge in [0.25, 0.3) is 0 Å². The van der Waals surface area contributed by atoms with Crippen molar-refractivity contribution < 1.29 is 4.74 Å². The molecule has 0 radical (unpaired) electrons. The summed E-state index contributed by atoms with van der Waals surface area (Å²) in [4.78, 5) is 6.82. The molecule has 2 aromatic rings. The minimum atomic E-state index is 0.203. The second-order valence-corrected chi connectivity index (χ2v) is 6.02. The maximum Gasteiger partial charge on any atom is 0.123 e. The Balaban J connectivity index is 2.07. The van der Waals surface area contributed by atoms with Gasteiger partial charge in [-0.2, -0.15) is 0 Å². The summed E-state index contributed by atoms with van der Waals surface area (Å²) in [5.41, 5.74) is 3.76. The molecular weight excluding hydrogens is 286 g/mol. The van der Waals surface area contributed by atoms with Gasteiger partial charge in [-0.15, -0.1) is 0 Å². The summed E-state index contributed by atoms with van der Waals surface area (Å²) in [5, 5.41) is 3.49. The average Bonchev–Trinajstić information content (AvgIpc) is 2.87. The number of nitrogens with zero attached hydrogens (tertiary/aromatic N) is 2. The molecule has 1 atom stereocenters. The molecule has 0 bridgehead atoms. The molecule has 1 N–H and O–H groups in total. The first-order valence-electron chi connectivity index (χ1n) is 8.29. The number of pyridine rings is 1. The van der Waals surface area contributed by atoms with Crippen LogP contribution in [0, 0.1) is 6.92 Å². The van der Waals surface area contributed by atoms with Crippen molar-refractivity contribution in [2.75, 3.05) is 33.3 Å². The lowest BCUT2D eigenvalue weighted by atomic mass is 9.94. The predicted octanol–water partition coefficient (Wildman–Crippen LogP) is 2.78. The topological polar surface area (TPSA) is 37.4 Å². The van der Waals surface area contributed by atoms with Gasteiger partial charge in [0.1, 0.15) is 5.75 Å². The quantitative estimate of drug-likeness (QED) is 0.942. The van der Waals surface area contributed by atoms with Crippen LogP contribution in [0.4, 0.5) is 0 Å². The molecule has 0 aliphatic carbocycles. The number of rotatable bonds is 4. The lowest BCUT2D eigenvalue weighted by Crippen LogP contribution is -2.33. The van der Waals surface area contributed by atoms with Gasteiger partial charge in [-0.3, -0.25) is 9.88 Å². The fraction of sp³-hybridized carbons (Fsp3) is 0.421. The number of benzene rings is 1. The number of methoxy groups -OCH3 is 1. The molecule has 0 amide bonds. The van der Waals surface area contributed by atoms with Crippen molar-refractivity contribution in [2.45, 2.75) is 19.4 Å². The van der Waals surface area contributed by atoms with Crippen molar-refractivity contribution in [2.24, 2.45) is 0 Å².